The number of hydrogen-bond donors (Lipinski definition) is 3. The van der Waals surface area contributed by atoms with E-state index in [9.17, 15) is 19.5 Å². The van der Waals surface area contributed by atoms with Gasteiger partial charge in [-0.15, -0.1) is 11.3 Å². The molecule has 6 rings (SSSR count). The van der Waals surface area contributed by atoms with E-state index in [1.165, 1.54) is 36.2 Å². The van der Waals surface area contributed by atoms with E-state index in [4.69, 9.17) is 0 Å². The van der Waals surface area contributed by atoms with Crippen LogP contribution in [0.15, 0.2) is 66.9 Å². The molecule has 3 N–H and O–H groups in total. The summed E-state index contributed by atoms with van der Waals surface area (Å²) in [6.07, 6.45) is 7.79. The Kier molecular flexibility index (Phi) is 7.52. The van der Waals surface area contributed by atoms with Crippen LogP contribution in [0.1, 0.15) is 77.5 Å². The number of pyridine rings is 1. The average Bonchev–Trinajstić information content (AvgIpc) is 3.56. The lowest BCUT2D eigenvalue weighted by atomic mass is 9.82. The number of benzene rings is 2. The third kappa shape index (κ3) is 5.52. The Morgan fingerprint density at radius 3 is 2.51 bits per heavy atom. The molecular weight excluding hydrogens is 560 g/mol. The summed E-state index contributed by atoms with van der Waals surface area (Å²) in [5, 5.41) is 16.9. The molecule has 0 radical (unpaired) electrons. The third-order valence-electron chi connectivity index (χ3n) is 8.40. The molecule has 3 heterocycles. The molecule has 0 saturated heterocycles. The third-order valence-corrected chi connectivity index (χ3v) is 9.51. The minimum Gasteiger partial charge on any atom is -0.477 e. The Morgan fingerprint density at radius 2 is 1.79 bits per heavy atom. The number of carbonyl (C=O) groups excluding carboxylic acids is 2. The molecule has 0 spiro atoms. The average molecular weight is 595 g/mol. The van der Waals surface area contributed by atoms with Crippen molar-refractivity contribution >= 4 is 55.8 Å². The van der Waals surface area contributed by atoms with Crippen LogP contribution in [0.25, 0.3) is 32.4 Å². The highest BCUT2D eigenvalue weighted by Crippen LogP contribution is 2.43. The van der Waals surface area contributed by atoms with Gasteiger partial charge in [-0.3, -0.25) is 14.6 Å². The van der Waals surface area contributed by atoms with Crippen molar-refractivity contribution < 1.29 is 19.5 Å². The number of aromatic carboxylic acids is 1. The van der Waals surface area contributed by atoms with Gasteiger partial charge in [0.15, 0.2) is 0 Å². The van der Waals surface area contributed by atoms with E-state index in [-0.39, 0.29) is 16.7 Å². The smallest absolute Gasteiger partial charge is 0.345 e. The normalized spacial score (nSPS) is 14.2. The summed E-state index contributed by atoms with van der Waals surface area (Å²) in [4.78, 5) is 43.0. The fourth-order valence-electron chi connectivity index (χ4n) is 6.15. The fraction of sp³-hybridized carbons (Fsp3) is 0.294. The summed E-state index contributed by atoms with van der Waals surface area (Å²) < 4.78 is 2.96. The number of thiophene rings is 1. The zero-order valence-corrected chi connectivity index (χ0v) is 25.3. The molecule has 3 aromatic heterocycles. The first-order chi connectivity index (χ1) is 20.6. The molecule has 5 aromatic rings. The summed E-state index contributed by atoms with van der Waals surface area (Å²) >= 11 is 1.18. The van der Waals surface area contributed by atoms with Crippen LogP contribution in [0.5, 0.6) is 0 Å². The summed E-state index contributed by atoms with van der Waals surface area (Å²) in [7, 11) is 2.03. The van der Waals surface area contributed by atoms with Crippen molar-refractivity contribution in [2.45, 2.75) is 57.4 Å². The lowest BCUT2D eigenvalue weighted by Gasteiger charge is -2.25. The Bertz CT molecular complexity index is 1870. The largest absolute Gasteiger partial charge is 0.477 e. The van der Waals surface area contributed by atoms with Crippen LogP contribution in [-0.2, 0) is 11.8 Å². The summed E-state index contributed by atoms with van der Waals surface area (Å²) in [6, 6.07) is 18.6. The van der Waals surface area contributed by atoms with Crippen LogP contribution in [0, 0.1) is 0 Å². The van der Waals surface area contributed by atoms with Crippen molar-refractivity contribution in [3.05, 3.63) is 82.9 Å². The Morgan fingerprint density at radius 1 is 1.00 bits per heavy atom. The van der Waals surface area contributed by atoms with E-state index < -0.39 is 11.5 Å². The molecule has 0 atom stereocenters. The highest BCUT2D eigenvalue weighted by atomic mass is 32.1. The van der Waals surface area contributed by atoms with E-state index in [0.29, 0.717) is 17.2 Å². The van der Waals surface area contributed by atoms with Crippen molar-refractivity contribution in [2.75, 3.05) is 5.32 Å². The van der Waals surface area contributed by atoms with Gasteiger partial charge >= 0.3 is 5.97 Å². The van der Waals surface area contributed by atoms with Crippen LogP contribution >= 0.6 is 11.3 Å². The second-order valence-corrected chi connectivity index (χ2v) is 12.9. The lowest BCUT2D eigenvalue weighted by molar-refractivity contribution is -0.120. The molecule has 1 saturated carbocycles. The van der Waals surface area contributed by atoms with Crippen LogP contribution in [0.4, 0.5) is 5.69 Å². The number of amides is 2. The number of nitrogens with zero attached hydrogens (tertiary/aromatic N) is 2. The van der Waals surface area contributed by atoms with E-state index in [1.54, 1.807) is 38.1 Å². The Balaban J connectivity index is 1.26. The molecule has 220 valence electrons. The monoisotopic (exact) mass is 594 g/mol. The SMILES string of the molecule is Cn1c(-c2ccccn2)c(C2CCCCC2)c2ccc(C(=O)NC(C)(C)C(=O)Nc3ccc4sc(C(=O)O)cc4c3)cc21. The van der Waals surface area contributed by atoms with Crippen molar-refractivity contribution in [3.8, 4) is 11.4 Å². The van der Waals surface area contributed by atoms with E-state index in [1.807, 2.05) is 49.6 Å². The maximum absolute atomic E-state index is 13.5. The standard InChI is InChI=1S/C34H34N4O4S/c1-34(2,33(42)36-23-13-15-27-22(17-23)19-28(43-27)32(40)41)37-31(39)21-12-14-24-26(18-21)38(3)30(25-11-7-8-16-35-25)29(24)20-9-5-4-6-10-20/h7-8,11-20H,4-6,9-10H2,1-3H3,(H,36,42)(H,37,39)(H,40,41). The Labute approximate surface area is 253 Å². The summed E-state index contributed by atoms with van der Waals surface area (Å²) in [5.74, 6) is -1.27. The number of aromatic nitrogens is 2. The molecule has 8 nitrogen and oxygen atoms in total. The van der Waals surface area contributed by atoms with Gasteiger partial charge in [-0.05, 0) is 92.1 Å². The molecule has 1 fully saturated rings. The van der Waals surface area contributed by atoms with Crippen molar-refractivity contribution in [1.29, 1.82) is 0 Å². The topological polar surface area (TPSA) is 113 Å². The van der Waals surface area contributed by atoms with Gasteiger partial charge < -0.3 is 20.3 Å². The molecule has 0 bridgehead atoms. The number of hydrogen-bond acceptors (Lipinski definition) is 5. The first-order valence-corrected chi connectivity index (χ1v) is 15.4. The Hall–Kier alpha value is -4.50. The lowest BCUT2D eigenvalue weighted by Crippen LogP contribution is -2.52. The van der Waals surface area contributed by atoms with Gasteiger partial charge in [0.05, 0.1) is 11.4 Å². The number of rotatable bonds is 7. The molecule has 2 amide bonds. The molecule has 0 aliphatic heterocycles. The van der Waals surface area contributed by atoms with Crippen LogP contribution < -0.4 is 10.6 Å². The van der Waals surface area contributed by atoms with Gasteiger partial charge in [-0.1, -0.05) is 31.4 Å². The van der Waals surface area contributed by atoms with Gasteiger partial charge in [0.2, 0.25) is 5.91 Å². The number of carbonyl (C=O) groups is 3. The number of carboxylic acid groups (broad SMARTS) is 1. The predicted octanol–water partition coefficient (Wildman–Crippen LogP) is 7.35. The quantitative estimate of drug-likeness (QED) is 0.182. The number of carboxylic acids is 1. The molecule has 2 aromatic carbocycles. The number of anilines is 1. The van der Waals surface area contributed by atoms with E-state index >= 15 is 0 Å². The van der Waals surface area contributed by atoms with E-state index in [0.717, 1.165) is 45.2 Å². The van der Waals surface area contributed by atoms with Crippen molar-refractivity contribution in [3.63, 3.8) is 0 Å². The first-order valence-electron chi connectivity index (χ1n) is 14.6. The summed E-state index contributed by atoms with van der Waals surface area (Å²) in [6.45, 7) is 3.32. The van der Waals surface area contributed by atoms with Gasteiger partial charge in [-0.2, -0.15) is 0 Å². The van der Waals surface area contributed by atoms with Crippen LogP contribution in [0.2, 0.25) is 0 Å². The molecule has 0 unspecified atom stereocenters. The predicted molar refractivity (Wildman–Crippen MR) is 171 cm³/mol. The number of nitrogens with one attached hydrogen (secondary N) is 2. The van der Waals surface area contributed by atoms with Gasteiger partial charge in [-0.25, -0.2) is 4.79 Å². The molecule has 43 heavy (non-hydrogen) atoms. The number of aryl methyl sites for hydroxylation is 1. The molecule has 1 aliphatic carbocycles. The van der Waals surface area contributed by atoms with Crippen LogP contribution in [0.3, 0.4) is 0 Å². The van der Waals surface area contributed by atoms with Gasteiger partial charge in [0.1, 0.15) is 10.4 Å². The molecule has 1 aliphatic rings. The molecule has 9 heteroatoms. The first kappa shape index (κ1) is 28.6. The maximum Gasteiger partial charge on any atom is 0.345 e. The highest BCUT2D eigenvalue weighted by Gasteiger charge is 2.31. The zero-order chi connectivity index (χ0) is 30.3. The minimum atomic E-state index is -1.22. The second-order valence-electron chi connectivity index (χ2n) is 11.8. The van der Waals surface area contributed by atoms with Crippen LogP contribution in [-0.4, -0.2) is 38.0 Å². The van der Waals surface area contributed by atoms with Crippen molar-refractivity contribution in [2.24, 2.45) is 7.05 Å². The highest BCUT2D eigenvalue weighted by molar-refractivity contribution is 7.20. The second kappa shape index (κ2) is 11.3. The maximum atomic E-state index is 13.5. The fourth-order valence-corrected chi connectivity index (χ4v) is 7.03. The van der Waals surface area contributed by atoms with Crippen molar-refractivity contribution in [1.82, 2.24) is 14.9 Å². The van der Waals surface area contributed by atoms with Gasteiger partial charge in [0.25, 0.3) is 5.91 Å². The molecular formula is C34H34N4O4S. The van der Waals surface area contributed by atoms with E-state index in [2.05, 4.69) is 20.2 Å². The zero-order valence-electron chi connectivity index (χ0n) is 24.4. The minimum absolute atomic E-state index is 0.235. The summed E-state index contributed by atoms with van der Waals surface area (Å²) in [5.41, 5.74) is 4.06. The van der Waals surface area contributed by atoms with Gasteiger partial charge in [0, 0.05) is 40.1 Å². The number of fused-ring (bicyclic) bond motifs is 2.